The number of thiophene rings is 1. The largest absolute Gasteiger partial charge is 0.383 e. The van der Waals surface area contributed by atoms with Crippen LogP contribution in [0.3, 0.4) is 0 Å². The number of hydrogen-bond acceptors (Lipinski definition) is 4. The summed E-state index contributed by atoms with van der Waals surface area (Å²) in [6, 6.07) is 4.74. The zero-order chi connectivity index (χ0) is 16.4. The number of halogens is 1. The normalized spacial score (nSPS) is 12.9. The Balaban J connectivity index is 0.00000484. The zero-order valence-electron chi connectivity index (χ0n) is 14.9. The highest BCUT2D eigenvalue weighted by Gasteiger charge is 2.08. The van der Waals surface area contributed by atoms with Gasteiger partial charge < -0.3 is 20.3 Å². The van der Waals surface area contributed by atoms with Crippen molar-refractivity contribution in [2.75, 3.05) is 47.4 Å². The first-order chi connectivity index (χ1) is 10.5. The smallest absolute Gasteiger partial charge is 0.191 e. The summed E-state index contributed by atoms with van der Waals surface area (Å²) in [5.74, 6) is 0.862. The highest BCUT2D eigenvalue weighted by atomic mass is 127. The Morgan fingerprint density at radius 2 is 2.13 bits per heavy atom. The molecule has 1 aromatic rings. The van der Waals surface area contributed by atoms with Crippen molar-refractivity contribution >= 4 is 41.3 Å². The van der Waals surface area contributed by atoms with E-state index in [9.17, 15) is 0 Å². The van der Waals surface area contributed by atoms with E-state index >= 15 is 0 Å². The van der Waals surface area contributed by atoms with Gasteiger partial charge in [-0.2, -0.15) is 0 Å². The number of aryl methyl sites for hydroxylation is 1. The third-order valence-corrected chi connectivity index (χ3v) is 4.40. The van der Waals surface area contributed by atoms with E-state index in [1.807, 2.05) is 18.4 Å². The standard InChI is InChI=1S/C16H30N4OS.HI/c1-13(12-15-7-6-14(2)22-15)19-16(17-3)18-8-9-20(4)10-11-21-5;/h6-7,13H,8-12H2,1-5H3,(H2,17,18,19);1H. The summed E-state index contributed by atoms with van der Waals surface area (Å²) in [6.45, 7) is 7.87. The highest BCUT2D eigenvalue weighted by Crippen LogP contribution is 2.16. The Hall–Kier alpha value is -0.380. The van der Waals surface area contributed by atoms with Crippen molar-refractivity contribution in [2.45, 2.75) is 26.3 Å². The molecule has 0 bridgehead atoms. The molecule has 0 saturated carbocycles. The van der Waals surface area contributed by atoms with Crippen LogP contribution in [0.15, 0.2) is 17.1 Å². The second-order valence-electron chi connectivity index (χ2n) is 5.56. The van der Waals surface area contributed by atoms with E-state index in [0.29, 0.717) is 6.04 Å². The van der Waals surface area contributed by atoms with Gasteiger partial charge in [0.05, 0.1) is 6.61 Å². The molecule has 1 unspecified atom stereocenters. The summed E-state index contributed by atoms with van der Waals surface area (Å²) in [5, 5.41) is 6.80. The maximum absolute atomic E-state index is 5.07. The molecule has 23 heavy (non-hydrogen) atoms. The number of nitrogens with one attached hydrogen (secondary N) is 2. The number of guanidine groups is 1. The molecule has 0 spiro atoms. The van der Waals surface area contributed by atoms with Crippen LogP contribution in [-0.4, -0.2) is 64.3 Å². The third kappa shape index (κ3) is 10.2. The van der Waals surface area contributed by atoms with Crippen LogP contribution in [0.2, 0.25) is 0 Å². The number of aliphatic imine (C=N–C) groups is 1. The Labute approximate surface area is 161 Å². The van der Waals surface area contributed by atoms with Crippen molar-refractivity contribution < 1.29 is 4.74 Å². The van der Waals surface area contributed by atoms with Crippen molar-refractivity contribution in [3.8, 4) is 0 Å². The van der Waals surface area contributed by atoms with Gasteiger partial charge in [0.15, 0.2) is 5.96 Å². The minimum atomic E-state index is 0. The zero-order valence-corrected chi connectivity index (χ0v) is 18.0. The number of nitrogens with zero attached hydrogens (tertiary/aromatic N) is 2. The summed E-state index contributed by atoms with van der Waals surface area (Å²) in [4.78, 5) is 9.30. The first-order valence-electron chi connectivity index (χ1n) is 7.75. The predicted octanol–water partition coefficient (Wildman–Crippen LogP) is 2.35. The Morgan fingerprint density at radius 3 is 2.70 bits per heavy atom. The van der Waals surface area contributed by atoms with Gasteiger partial charge in [-0.25, -0.2) is 0 Å². The van der Waals surface area contributed by atoms with E-state index in [2.05, 4.69) is 53.6 Å². The lowest BCUT2D eigenvalue weighted by Crippen LogP contribution is -2.45. The number of rotatable bonds is 9. The van der Waals surface area contributed by atoms with Gasteiger partial charge >= 0.3 is 0 Å². The maximum Gasteiger partial charge on any atom is 0.191 e. The van der Waals surface area contributed by atoms with Crippen LogP contribution < -0.4 is 10.6 Å². The highest BCUT2D eigenvalue weighted by molar-refractivity contribution is 14.0. The Bertz CT molecular complexity index is 453. The van der Waals surface area contributed by atoms with Gasteiger partial charge in [-0.3, -0.25) is 4.99 Å². The van der Waals surface area contributed by atoms with Gasteiger partial charge in [0.2, 0.25) is 0 Å². The molecule has 1 heterocycles. The molecule has 0 radical (unpaired) electrons. The molecule has 5 nitrogen and oxygen atoms in total. The predicted molar refractivity (Wildman–Crippen MR) is 112 cm³/mol. The fraction of sp³-hybridized carbons (Fsp3) is 0.688. The average molecular weight is 454 g/mol. The van der Waals surface area contributed by atoms with Crippen LogP contribution in [0.25, 0.3) is 0 Å². The summed E-state index contributed by atoms with van der Waals surface area (Å²) in [5.41, 5.74) is 0. The quantitative estimate of drug-likeness (QED) is 0.342. The van der Waals surface area contributed by atoms with Crippen molar-refractivity contribution in [1.29, 1.82) is 0 Å². The Kier molecular flexibility index (Phi) is 12.8. The SMILES string of the molecule is CN=C(NCCN(C)CCOC)NC(C)Cc1ccc(C)s1.I. The minimum absolute atomic E-state index is 0. The van der Waals surface area contributed by atoms with Crippen LogP contribution >= 0.6 is 35.3 Å². The molecule has 0 fully saturated rings. The van der Waals surface area contributed by atoms with Crippen molar-refractivity contribution in [2.24, 2.45) is 4.99 Å². The van der Waals surface area contributed by atoms with Gasteiger partial charge in [-0.05, 0) is 33.0 Å². The molecular weight excluding hydrogens is 423 g/mol. The van der Waals surface area contributed by atoms with Crippen LogP contribution in [-0.2, 0) is 11.2 Å². The second kappa shape index (κ2) is 13.0. The fourth-order valence-corrected chi connectivity index (χ4v) is 3.12. The molecule has 0 aliphatic rings. The minimum Gasteiger partial charge on any atom is -0.383 e. The summed E-state index contributed by atoms with van der Waals surface area (Å²) >= 11 is 1.86. The maximum atomic E-state index is 5.07. The van der Waals surface area contributed by atoms with Gasteiger partial charge in [0, 0.05) is 56.0 Å². The summed E-state index contributed by atoms with van der Waals surface area (Å²) in [7, 11) is 5.64. The van der Waals surface area contributed by atoms with E-state index in [0.717, 1.165) is 38.6 Å². The van der Waals surface area contributed by atoms with Crippen molar-refractivity contribution in [3.63, 3.8) is 0 Å². The first kappa shape index (κ1) is 22.6. The van der Waals surface area contributed by atoms with Gasteiger partial charge in [0.1, 0.15) is 0 Å². The average Bonchev–Trinajstić information content (AvgIpc) is 2.88. The Morgan fingerprint density at radius 1 is 1.39 bits per heavy atom. The molecule has 7 heteroatoms. The summed E-state index contributed by atoms with van der Waals surface area (Å²) in [6.07, 6.45) is 1.02. The number of ether oxygens (including phenoxy) is 1. The van der Waals surface area contributed by atoms with Gasteiger partial charge in [-0.15, -0.1) is 35.3 Å². The number of likely N-dealkylation sites (N-methyl/N-ethyl adjacent to an activating group) is 1. The molecule has 1 rings (SSSR count). The second-order valence-corrected chi connectivity index (χ2v) is 6.93. The monoisotopic (exact) mass is 454 g/mol. The molecular formula is C16H31IN4OS. The molecule has 1 aromatic heterocycles. The molecule has 0 saturated heterocycles. The lowest BCUT2D eigenvalue weighted by atomic mass is 10.2. The van der Waals surface area contributed by atoms with E-state index < -0.39 is 0 Å². The molecule has 0 aromatic carbocycles. The van der Waals surface area contributed by atoms with Crippen molar-refractivity contribution in [1.82, 2.24) is 15.5 Å². The molecule has 134 valence electrons. The van der Waals surface area contributed by atoms with Crippen LogP contribution in [0, 0.1) is 6.92 Å². The first-order valence-corrected chi connectivity index (χ1v) is 8.56. The molecule has 0 aliphatic carbocycles. The van der Waals surface area contributed by atoms with Crippen LogP contribution in [0.5, 0.6) is 0 Å². The van der Waals surface area contributed by atoms with Crippen LogP contribution in [0.1, 0.15) is 16.7 Å². The lowest BCUT2D eigenvalue weighted by Gasteiger charge is -2.20. The van der Waals surface area contributed by atoms with E-state index in [-0.39, 0.29) is 24.0 Å². The fourth-order valence-electron chi connectivity index (χ4n) is 2.10. The molecule has 0 aliphatic heterocycles. The third-order valence-electron chi connectivity index (χ3n) is 3.37. The molecule has 1 atom stereocenters. The van der Waals surface area contributed by atoms with Gasteiger partial charge in [-0.1, -0.05) is 0 Å². The van der Waals surface area contributed by atoms with Crippen LogP contribution in [0.4, 0.5) is 0 Å². The number of methoxy groups -OCH3 is 1. The van der Waals surface area contributed by atoms with Crippen molar-refractivity contribution in [3.05, 3.63) is 21.9 Å². The molecule has 0 amide bonds. The molecule has 2 N–H and O–H groups in total. The summed E-state index contributed by atoms with van der Waals surface area (Å²) < 4.78 is 5.07. The van der Waals surface area contributed by atoms with E-state index in [1.54, 1.807) is 7.11 Å². The van der Waals surface area contributed by atoms with E-state index in [4.69, 9.17) is 4.74 Å². The van der Waals surface area contributed by atoms with Gasteiger partial charge in [0.25, 0.3) is 0 Å². The number of hydrogen-bond donors (Lipinski definition) is 2. The van der Waals surface area contributed by atoms with E-state index in [1.165, 1.54) is 9.75 Å². The topological polar surface area (TPSA) is 48.9 Å². The lowest BCUT2D eigenvalue weighted by molar-refractivity contribution is 0.162.